The lowest BCUT2D eigenvalue weighted by Crippen LogP contribution is -1.88. The Morgan fingerprint density at radius 2 is 1.94 bits per heavy atom. The molecule has 0 saturated heterocycles. The number of hydrogen-bond acceptors (Lipinski definition) is 0. The van der Waals surface area contributed by atoms with E-state index in [2.05, 4.69) is 54.4 Å². The summed E-state index contributed by atoms with van der Waals surface area (Å²) in [6.45, 7) is 2.14. The molecule has 1 heteroatoms. The number of aromatic amines is 1. The number of aryl methyl sites for hydroxylation is 1. The van der Waals surface area contributed by atoms with Gasteiger partial charge in [-0.3, -0.25) is 0 Å². The molecule has 17 heavy (non-hydrogen) atoms. The smallest absolute Gasteiger partial charge is 0.0465 e. The Balaban J connectivity index is 2.08. The van der Waals surface area contributed by atoms with Gasteiger partial charge < -0.3 is 4.98 Å². The van der Waals surface area contributed by atoms with Crippen molar-refractivity contribution < 1.29 is 0 Å². The van der Waals surface area contributed by atoms with Crippen molar-refractivity contribution in [3.05, 3.63) is 71.4 Å². The molecule has 0 saturated carbocycles. The molecule has 1 nitrogen and oxygen atoms in total. The van der Waals surface area contributed by atoms with Crippen LogP contribution in [0.15, 0.2) is 48.5 Å². The van der Waals surface area contributed by atoms with E-state index in [1.165, 1.54) is 27.7 Å². The van der Waals surface area contributed by atoms with Crippen molar-refractivity contribution in [3.63, 3.8) is 0 Å². The largest absolute Gasteiger partial charge is 0.358 e. The van der Waals surface area contributed by atoms with E-state index in [0.29, 0.717) is 0 Å². The number of aromatic nitrogens is 1. The third-order valence-corrected chi connectivity index (χ3v) is 3.19. The highest BCUT2D eigenvalue weighted by atomic mass is 14.7. The van der Waals surface area contributed by atoms with Crippen LogP contribution in [0.1, 0.15) is 16.8 Å². The summed E-state index contributed by atoms with van der Waals surface area (Å²) in [5.74, 6) is 0. The number of benzene rings is 2. The van der Waals surface area contributed by atoms with Crippen molar-refractivity contribution in [1.82, 2.24) is 4.98 Å². The Kier molecular flexibility index (Phi) is 2.45. The van der Waals surface area contributed by atoms with E-state index in [4.69, 9.17) is 0 Å². The molecule has 3 aromatic rings. The summed E-state index contributed by atoms with van der Waals surface area (Å²) in [5, 5.41) is 1.31. The quantitative estimate of drug-likeness (QED) is 0.675. The van der Waals surface area contributed by atoms with Crippen LogP contribution in [0, 0.1) is 13.0 Å². The van der Waals surface area contributed by atoms with Crippen LogP contribution >= 0.6 is 0 Å². The molecule has 0 spiro atoms. The van der Waals surface area contributed by atoms with Crippen LogP contribution in [0.3, 0.4) is 0 Å². The van der Waals surface area contributed by atoms with Gasteiger partial charge in [0.2, 0.25) is 0 Å². The molecule has 0 aliphatic carbocycles. The SMILES string of the molecule is Cc1[nH]c2c[c]ccc2c1Cc1ccccc1. The van der Waals surface area contributed by atoms with E-state index >= 15 is 0 Å². The Hall–Kier alpha value is -2.02. The minimum absolute atomic E-state index is 0.983. The van der Waals surface area contributed by atoms with E-state index in [9.17, 15) is 0 Å². The predicted octanol–water partition coefficient (Wildman–Crippen LogP) is 3.87. The summed E-state index contributed by atoms with van der Waals surface area (Å²) in [6.07, 6.45) is 0.983. The second-order valence-electron chi connectivity index (χ2n) is 4.36. The molecule has 0 aliphatic rings. The van der Waals surface area contributed by atoms with Gasteiger partial charge in [0.25, 0.3) is 0 Å². The Morgan fingerprint density at radius 1 is 1.12 bits per heavy atom. The first-order valence-corrected chi connectivity index (χ1v) is 5.86. The Bertz CT molecular complexity index is 635. The van der Waals surface area contributed by atoms with E-state index in [1.807, 2.05) is 12.1 Å². The van der Waals surface area contributed by atoms with Crippen LogP contribution in [0.25, 0.3) is 10.9 Å². The van der Waals surface area contributed by atoms with Crippen molar-refractivity contribution in [3.8, 4) is 0 Å². The highest BCUT2D eigenvalue weighted by Crippen LogP contribution is 2.24. The van der Waals surface area contributed by atoms with E-state index < -0.39 is 0 Å². The fourth-order valence-electron chi connectivity index (χ4n) is 2.30. The average molecular weight is 220 g/mol. The molecule has 1 N–H and O–H groups in total. The van der Waals surface area contributed by atoms with E-state index in [1.54, 1.807) is 0 Å². The fourth-order valence-corrected chi connectivity index (χ4v) is 2.30. The lowest BCUT2D eigenvalue weighted by atomic mass is 10.0. The molecular formula is C16H14N. The maximum absolute atomic E-state index is 3.42. The first-order chi connectivity index (χ1) is 8.34. The number of H-pyrrole nitrogens is 1. The molecule has 2 aromatic carbocycles. The van der Waals surface area contributed by atoms with Crippen molar-refractivity contribution in [2.24, 2.45) is 0 Å². The summed E-state index contributed by atoms with van der Waals surface area (Å²) in [7, 11) is 0. The highest BCUT2D eigenvalue weighted by Gasteiger charge is 2.07. The van der Waals surface area contributed by atoms with Crippen LogP contribution in [0.2, 0.25) is 0 Å². The monoisotopic (exact) mass is 220 g/mol. The van der Waals surface area contributed by atoms with Gasteiger partial charge in [0.1, 0.15) is 0 Å². The van der Waals surface area contributed by atoms with Gasteiger partial charge in [-0.15, -0.1) is 0 Å². The molecule has 3 rings (SSSR count). The lowest BCUT2D eigenvalue weighted by Gasteiger charge is -2.01. The molecule has 83 valence electrons. The van der Waals surface area contributed by atoms with E-state index in [-0.39, 0.29) is 0 Å². The molecule has 1 radical (unpaired) electrons. The summed E-state index contributed by atoms with van der Waals surface area (Å²) in [6, 6.07) is 19.8. The standard InChI is InChI=1S/C16H14N/c1-12-15(11-13-7-3-2-4-8-13)14-9-5-6-10-16(14)17-12/h2-5,7-10,17H,11H2,1H3. The van der Waals surface area contributed by atoms with Gasteiger partial charge >= 0.3 is 0 Å². The molecule has 0 fully saturated rings. The Morgan fingerprint density at radius 3 is 2.76 bits per heavy atom. The Labute approximate surface area is 101 Å². The summed E-state index contributed by atoms with van der Waals surface area (Å²) < 4.78 is 0. The van der Waals surface area contributed by atoms with Gasteiger partial charge in [-0.25, -0.2) is 0 Å². The zero-order valence-corrected chi connectivity index (χ0v) is 9.83. The van der Waals surface area contributed by atoms with Gasteiger partial charge in [0.05, 0.1) is 0 Å². The molecular weight excluding hydrogens is 206 g/mol. The van der Waals surface area contributed by atoms with Crippen LogP contribution in [-0.4, -0.2) is 4.98 Å². The number of nitrogens with one attached hydrogen (secondary N) is 1. The van der Waals surface area contributed by atoms with Crippen LogP contribution in [0.4, 0.5) is 0 Å². The second kappa shape index (κ2) is 4.10. The predicted molar refractivity (Wildman–Crippen MR) is 71.1 cm³/mol. The zero-order valence-electron chi connectivity index (χ0n) is 9.83. The molecule has 0 aliphatic heterocycles. The first-order valence-electron chi connectivity index (χ1n) is 5.86. The van der Waals surface area contributed by atoms with Gasteiger partial charge in [-0.05, 0) is 36.6 Å². The van der Waals surface area contributed by atoms with Crippen molar-refractivity contribution in [2.45, 2.75) is 13.3 Å². The normalized spacial score (nSPS) is 10.9. The topological polar surface area (TPSA) is 15.8 Å². The molecule has 1 aromatic heterocycles. The highest BCUT2D eigenvalue weighted by molar-refractivity contribution is 5.84. The average Bonchev–Trinajstić information content (AvgIpc) is 2.68. The molecule has 0 atom stereocenters. The van der Waals surface area contributed by atoms with Crippen LogP contribution < -0.4 is 0 Å². The molecule has 0 bridgehead atoms. The van der Waals surface area contributed by atoms with Crippen molar-refractivity contribution in [1.29, 1.82) is 0 Å². The third kappa shape index (κ3) is 1.84. The molecule has 0 amide bonds. The number of hydrogen-bond donors (Lipinski definition) is 1. The van der Waals surface area contributed by atoms with Gasteiger partial charge in [0.15, 0.2) is 0 Å². The summed E-state index contributed by atoms with van der Waals surface area (Å²) in [5.41, 5.74) is 5.17. The minimum atomic E-state index is 0.983. The third-order valence-electron chi connectivity index (χ3n) is 3.19. The van der Waals surface area contributed by atoms with Crippen LogP contribution in [-0.2, 0) is 6.42 Å². The summed E-state index contributed by atoms with van der Waals surface area (Å²) in [4.78, 5) is 3.42. The second-order valence-corrected chi connectivity index (χ2v) is 4.36. The van der Waals surface area contributed by atoms with Gasteiger partial charge in [-0.2, -0.15) is 0 Å². The van der Waals surface area contributed by atoms with Gasteiger partial charge in [-0.1, -0.05) is 42.5 Å². The van der Waals surface area contributed by atoms with Gasteiger partial charge in [0, 0.05) is 16.6 Å². The fraction of sp³-hybridized carbons (Fsp3) is 0.125. The van der Waals surface area contributed by atoms with Crippen LogP contribution in [0.5, 0.6) is 0 Å². The molecule has 0 unspecified atom stereocenters. The summed E-state index contributed by atoms with van der Waals surface area (Å²) >= 11 is 0. The van der Waals surface area contributed by atoms with Crippen molar-refractivity contribution in [2.75, 3.05) is 0 Å². The zero-order chi connectivity index (χ0) is 11.7. The lowest BCUT2D eigenvalue weighted by molar-refractivity contribution is 1.15. The number of fused-ring (bicyclic) bond motifs is 1. The number of rotatable bonds is 2. The maximum Gasteiger partial charge on any atom is 0.0465 e. The minimum Gasteiger partial charge on any atom is -0.358 e. The van der Waals surface area contributed by atoms with Crippen molar-refractivity contribution >= 4 is 10.9 Å². The van der Waals surface area contributed by atoms with E-state index in [0.717, 1.165) is 6.42 Å². The molecule has 1 heterocycles. The first kappa shape index (κ1) is 10.2. The maximum atomic E-state index is 3.42.